The van der Waals surface area contributed by atoms with Crippen LogP contribution in [0, 0.1) is 5.92 Å². The van der Waals surface area contributed by atoms with Gasteiger partial charge in [-0.15, -0.1) is 0 Å². The predicted molar refractivity (Wildman–Crippen MR) is 101 cm³/mol. The topological polar surface area (TPSA) is 62.2 Å². The minimum atomic E-state index is -2.57. The Bertz CT molecular complexity index is 819. The van der Waals surface area contributed by atoms with Crippen LogP contribution in [0.15, 0.2) is 24.3 Å². The van der Waals surface area contributed by atoms with E-state index in [9.17, 15) is 13.6 Å². The fraction of sp³-hybridized carbons (Fsp3) is 0.500. The first-order chi connectivity index (χ1) is 12.9. The SMILES string of the molecule is O=C(NCC1CCC(F)(F)CC1)c1c(Cl)ccc2nc(CCCO)ccc12. The second kappa shape index (κ2) is 8.48. The summed E-state index contributed by atoms with van der Waals surface area (Å²) in [6.45, 7) is 0.463. The maximum atomic E-state index is 13.3. The van der Waals surface area contributed by atoms with Crippen LogP contribution in [0.25, 0.3) is 10.9 Å². The molecule has 7 heteroatoms. The van der Waals surface area contributed by atoms with E-state index >= 15 is 0 Å². The molecule has 1 fully saturated rings. The smallest absolute Gasteiger partial charge is 0.253 e. The molecule has 0 atom stereocenters. The van der Waals surface area contributed by atoms with E-state index in [2.05, 4.69) is 10.3 Å². The number of rotatable bonds is 6. The van der Waals surface area contributed by atoms with Gasteiger partial charge in [-0.25, -0.2) is 8.78 Å². The lowest BCUT2D eigenvalue weighted by molar-refractivity contribution is -0.0452. The number of nitrogens with zero attached hydrogens (tertiary/aromatic N) is 1. The number of alkyl halides is 2. The number of nitrogens with one attached hydrogen (secondary N) is 1. The molecule has 27 heavy (non-hydrogen) atoms. The van der Waals surface area contributed by atoms with Gasteiger partial charge in [0.1, 0.15) is 0 Å². The molecule has 0 unspecified atom stereocenters. The van der Waals surface area contributed by atoms with Crippen LogP contribution < -0.4 is 5.32 Å². The van der Waals surface area contributed by atoms with Crippen LogP contribution in [0.1, 0.15) is 48.2 Å². The molecular weight excluding hydrogens is 374 g/mol. The number of aryl methyl sites for hydroxylation is 1. The van der Waals surface area contributed by atoms with Gasteiger partial charge in [-0.05, 0) is 49.8 Å². The standard InChI is InChI=1S/C20H23ClF2N2O2/c21-16-5-6-17-15(4-3-14(25-17)2-1-11-26)18(16)19(27)24-12-13-7-9-20(22,23)10-8-13/h3-6,13,26H,1-2,7-12H2,(H,24,27). The number of fused-ring (bicyclic) bond motifs is 1. The van der Waals surface area contributed by atoms with E-state index in [4.69, 9.17) is 16.7 Å². The third-order valence-corrected chi connectivity index (χ3v) is 5.40. The molecule has 1 aliphatic rings. The quantitative estimate of drug-likeness (QED) is 0.762. The maximum absolute atomic E-state index is 13.3. The second-order valence-corrected chi connectivity index (χ2v) is 7.54. The Labute approximate surface area is 161 Å². The fourth-order valence-electron chi connectivity index (χ4n) is 3.48. The van der Waals surface area contributed by atoms with Crippen molar-refractivity contribution in [2.24, 2.45) is 5.92 Å². The van der Waals surface area contributed by atoms with Crippen molar-refractivity contribution >= 4 is 28.4 Å². The highest BCUT2D eigenvalue weighted by molar-refractivity contribution is 6.35. The molecule has 1 amide bonds. The lowest BCUT2D eigenvalue weighted by Crippen LogP contribution is -2.34. The van der Waals surface area contributed by atoms with E-state index in [0.717, 1.165) is 5.69 Å². The number of benzene rings is 1. The van der Waals surface area contributed by atoms with Crippen molar-refractivity contribution in [2.45, 2.75) is 44.4 Å². The molecule has 4 nitrogen and oxygen atoms in total. The van der Waals surface area contributed by atoms with Gasteiger partial charge in [0.25, 0.3) is 5.91 Å². The Morgan fingerprint density at radius 1 is 1.26 bits per heavy atom. The Morgan fingerprint density at radius 2 is 2.00 bits per heavy atom. The monoisotopic (exact) mass is 396 g/mol. The zero-order valence-corrected chi connectivity index (χ0v) is 15.7. The zero-order chi connectivity index (χ0) is 19.4. The van der Waals surface area contributed by atoms with Gasteiger partial charge in [-0.3, -0.25) is 9.78 Å². The molecule has 1 heterocycles. The van der Waals surface area contributed by atoms with Crippen LogP contribution in [0.2, 0.25) is 5.02 Å². The zero-order valence-electron chi connectivity index (χ0n) is 15.0. The van der Waals surface area contributed by atoms with Gasteiger partial charge in [0.2, 0.25) is 5.92 Å². The van der Waals surface area contributed by atoms with Crippen molar-refractivity contribution in [3.8, 4) is 0 Å². The summed E-state index contributed by atoms with van der Waals surface area (Å²) < 4.78 is 26.5. The number of hydrogen-bond donors (Lipinski definition) is 2. The number of carbonyl (C=O) groups excluding carboxylic acids is 1. The van der Waals surface area contributed by atoms with Gasteiger partial charge >= 0.3 is 0 Å². The number of aromatic nitrogens is 1. The summed E-state index contributed by atoms with van der Waals surface area (Å²) in [6, 6.07) is 7.05. The Morgan fingerprint density at radius 3 is 2.70 bits per heavy atom. The van der Waals surface area contributed by atoms with Gasteiger partial charge in [0.15, 0.2) is 0 Å². The summed E-state index contributed by atoms with van der Waals surface area (Å²) >= 11 is 6.26. The number of carbonyl (C=O) groups is 1. The number of aliphatic hydroxyl groups is 1. The Hall–Kier alpha value is -1.79. The lowest BCUT2D eigenvalue weighted by atomic mass is 9.87. The van der Waals surface area contributed by atoms with Crippen LogP contribution in [0.4, 0.5) is 8.78 Å². The molecule has 2 aromatic rings. The van der Waals surface area contributed by atoms with E-state index in [0.29, 0.717) is 53.7 Å². The summed E-state index contributed by atoms with van der Waals surface area (Å²) in [5.41, 5.74) is 1.86. The first-order valence-electron chi connectivity index (χ1n) is 9.24. The van der Waals surface area contributed by atoms with E-state index in [1.807, 2.05) is 12.1 Å². The molecule has 0 saturated heterocycles. The molecule has 0 radical (unpaired) electrons. The molecule has 1 aromatic heterocycles. The second-order valence-electron chi connectivity index (χ2n) is 7.13. The summed E-state index contributed by atoms with van der Waals surface area (Å²) in [7, 11) is 0. The van der Waals surface area contributed by atoms with E-state index < -0.39 is 5.92 Å². The molecule has 0 bridgehead atoms. The third kappa shape index (κ3) is 4.93. The largest absolute Gasteiger partial charge is 0.396 e. The summed E-state index contributed by atoms with van der Waals surface area (Å²) in [4.78, 5) is 17.2. The van der Waals surface area contributed by atoms with Gasteiger partial charge in [0, 0.05) is 37.1 Å². The van der Waals surface area contributed by atoms with Gasteiger partial charge in [-0.2, -0.15) is 0 Å². The molecule has 3 rings (SSSR count). The number of amides is 1. The third-order valence-electron chi connectivity index (χ3n) is 5.08. The fourth-order valence-corrected chi connectivity index (χ4v) is 3.73. The Kier molecular flexibility index (Phi) is 6.27. The average Bonchev–Trinajstić information content (AvgIpc) is 2.65. The van der Waals surface area contributed by atoms with Crippen molar-refractivity contribution in [1.29, 1.82) is 0 Å². The van der Waals surface area contributed by atoms with Crippen LogP contribution >= 0.6 is 11.6 Å². The minimum absolute atomic E-state index is 0.0607. The molecule has 0 spiro atoms. The van der Waals surface area contributed by atoms with E-state index in [1.54, 1.807) is 12.1 Å². The van der Waals surface area contributed by atoms with Gasteiger partial charge < -0.3 is 10.4 Å². The number of halogens is 3. The van der Waals surface area contributed by atoms with Crippen LogP contribution in [0.3, 0.4) is 0 Å². The minimum Gasteiger partial charge on any atom is -0.396 e. The highest BCUT2D eigenvalue weighted by atomic mass is 35.5. The van der Waals surface area contributed by atoms with Crippen LogP contribution in [-0.4, -0.2) is 35.1 Å². The van der Waals surface area contributed by atoms with Crippen molar-refractivity contribution in [2.75, 3.05) is 13.2 Å². The van der Waals surface area contributed by atoms with E-state index in [-0.39, 0.29) is 31.3 Å². The molecular formula is C20H23ClF2N2O2. The molecule has 2 N–H and O–H groups in total. The highest BCUT2D eigenvalue weighted by Crippen LogP contribution is 2.36. The number of pyridine rings is 1. The predicted octanol–water partition coefficient (Wildman–Crippen LogP) is 4.37. The summed E-state index contributed by atoms with van der Waals surface area (Å²) in [5, 5.41) is 12.8. The lowest BCUT2D eigenvalue weighted by Gasteiger charge is -2.28. The van der Waals surface area contributed by atoms with Gasteiger partial charge in [-0.1, -0.05) is 17.7 Å². The van der Waals surface area contributed by atoms with Crippen LogP contribution in [-0.2, 0) is 6.42 Å². The van der Waals surface area contributed by atoms with Crippen LogP contribution in [0.5, 0.6) is 0 Å². The summed E-state index contributed by atoms with van der Waals surface area (Å²) in [5.74, 6) is -2.82. The molecule has 1 aliphatic carbocycles. The van der Waals surface area contributed by atoms with Crippen molar-refractivity contribution in [3.05, 3.63) is 40.5 Å². The number of aliphatic hydroxyl groups excluding tert-OH is 1. The Balaban J connectivity index is 1.72. The average molecular weight is 397 g/mol. The van der Waals surface area contributed by atoms with Crippen molar-refractivity contribution in [3.63, 3.8) is 0 Å². The van der Waals surface area contributed by atoms with Gasteiger partial charge in [0.05, 0.1) is 16.1 Å². The molecule has 1 saturated carbocycles. The summed E-state index contributed by atoms with van der Waals surface area (Å²) in [6.07, 6.45) is 1.85. The first kappa shape index (κ1) is 20.0. The molecule has 0 aliphatic heterocycles. The maximum Gasteiger partial charge on any atom is 0.253 e. The molecule has 146 valence electrons. The van der Waals surface area contributed by atoms with E-state index in [1.165, 1.54) is 0 Å². The van der Waals surface area contributed by atoms with Crippen molar-refractivity contribution < 1.29 is 18.7 Å². The highest BCUT2D eigenvalue weighted by Gasteiger charge is 2.34. The van der Waals surface area contributed by atoms with Crippen molar-refractivity contribution in [1.82, 2.24) is 10.3 Å². The number of hydrogen-bond acceptors (Lipinski definition) is 3. The molecule has 1 aromatic carbocycles. The normalized spacial score (nSPS) is 17.2. The first-order valence-corrected chi connectivity index (χ1v) is 9.62.